The highest BCUT2D eigenvalue weighted by Crippen LogP contribution is 2.23. The number of hydrogen-bond donors (Lipinski definition) is 2. The van der Waals surface area contributed by atoms with Gasteiger partial charge in [0.05, 0.1) is 17.9 Å². The normalized spacial score (nSPS) is 23.3. The molecule has 98 valence electrons. The SMILES string of the molecule is COC1CC(C(=O)O)N(C(=O)c2cn[nH]c2C)C1. The molecule has 2 heterocycles. The molecule has 1 aliphatic rings. The van der Waals surface area contributed by atoms with Gasteiger partial charge in [0.25, 0.3) is 5.91 Å². The maximum atomic E-state index is 12.3. The fourth-order valence-electron chi connectivity index (χ4n) is 2.15. The van der Waals surface area contributed by atoms with Gasteiger partial charge < -0.3 is 14.7 Å². The Morgan fingerprint density at radius 3 is 2.83 bits per heavy atom. The monoisotopic (exact) mass is 253 g/mol. The molecule has 18 heavy (non-hydrogen) atoms. The number of aliphatic carboxylic acids is 1. The highest BCUT2D eigenvalue weighted by molar-refractivity contribution is 5.97. The average molecular weight is 253 g/mol. The van der Waals surface area contributed by atoms with Gasteiger partial charge in [-0.3, -0.25) is 9.89 Å². The Bertz CT molecular complexity index is 471. The largest absolute Gasteiger partial charge is 0.480 e. The van der Waals surface area contributed by atoms with Crippen molar-refractivity contribution in [1.29, 1.82) is 0 Å². The van der Waals surface area contributed by atoms with E-state index in [1.165, 1.54) is 18.2 Å². The lowest BCUT2D eigenvalue weighted by Crippen LogP contribution is -2.40. The first-order valence-corrected chi connectivity index (χ1v) is 5.61. The third-order valence-electron chi connectivity index (χ3n) is 3.20. The molecule has 7 heteroatoms. The van der Waals surface area contributed by atoms with E-state index in [4.69, 9.17) is 9.84 Å². The van der Waals surface area contributed by atoms with Crippen LogP contribution in [-0.4, -0.2) is 57.9 Å². The molecule has 2 rings (SSSR count). The number of carbonyl (C=O) groups excluding carboxylic acids is 1. The van der Waals surface area contributed by atoms with E-state index < -0.39 is 12.0 Å². The van der Waals surface area contributed by atoms with Gasteiger partial charge in [-0.05, 0) is 6.92 Å². The van der Waals surface area contributed by atoms with Crippen LogP contribution in [0.5, 0.6) is 0 Å². The Labute approximate surface area is 104 Å². The standard InChI is InChI=1S/C11H15N3O4/c1-6-8(4-12-13-6)10(15)14-5-7(18-2)3-9(14)11(16)17/h4,7,9H,3,5H2,1-2H3,(H,12,13)(H,16,17). The summed E-state index contributed by atoms with van der Waals surface area (Å²) in [5.41, 5.74) is 1.03. The second kappa shape index (κ2) is 4.77. The molecule has 1 fully saturated rings. The zero-order chi connectivity index (χ0) is 13.3. The average Bonchev–Trinajstić information content (AvgIpc) is 2.93. The van der Waals surface area contributed by atoms with E-state index in [9.17, 15) is 9.59 Å². The van der Waals surface area contributed by atoms with E-state index in [1.807, 2.05) is 0 Å². The molecule has 0 saturated carbocycles. The zero-order valence-electron chi connectivity index (χ0n) is 10.2. The highest BCUT2D eigenvalue weighted by atomic mass is 16.5. The van der Waals surface area contributed by atoms with E-state index in [1.54, 1.807) is 6.92 Å². The minimum atomic E-state index is -1.01. The van der Waals surface area contributed by atoms with Crippen molar-refractivity contribution in [1.82, 2.24) is 15.1 Å². The Morgan fingerprint density at radius 1 is 1.61 bits per heavy atom. The number of amides is 1. The number of methoxy groups -OCH3 is 1. The molecular formula is C11H15N3O4. The fourth-order valence-corrected chi connectivity index (χ4v) is 2.15. The molecular weight excluding hydrogens is 238 g/mol. The zero-order valence-corrected chi connectivity index (χ0v) is 10.2. The van der Waals surface area contributed by atoms with Gasteiger partial charge in [0.1, 0.15) is 6.04 Å². The maximum Gasteiger partial charge on any atom is 0.326 e. The minimum Gasteiger partial charge on any atom is -0.480 e. The van der Waals surface area contributed by atoms with Crippen LogP contribution in [0.2, 0.25) is 0 Å². The molecule has 1 aromatic heterocycles. The van der Waals surface area contributed by atoms with Crippen LogP contribution in [-0.2, 0) is 9.53 Å². The van der Waals surface area contributed by atoms with Crippen molar-refractivity contribution in [3.8, 4) is 0 Å². The Balaban J connectivity index is 2.23. The van der Waals surface area contributed by atoms with Crippen molar-refractivity contribution in [2.75, 3.05) is 13.7 Å². The van der Waals surface area contributed by atoms with Crippen LogP contribution in [0.15, 0.2) is 6.20 Å². The van der Waals surface area contributed by atoms with Crippen molar-refractivity contribution in [2.45, 2.75) is 25.5 Å². The minimum absolute atomic E-state index is 0.234. The molecule has 0 spiro atoms. The number of carboxylic acid groups (broad SMARTS) is 1. The number of likely N-dealkylation sites (tertiary alicyclic amines) is 1. The summed E-state index contributed by atoms with van der Waals surface area (Å²) in [6.45, 7) is 2.01. The van der Waals surface area contributed by atoms with Crippen LogP contribution in [0.25, 0.3) is 0 Å². The molecule has 2 unspecified atom stereocenters. The molecule has 1 aromatic rings. The summed E-state index contributed by atoms with van der Waals surface area (Å²) in [4.78, 5) is 24.7. The quantitative estimate of drug-likeness (QED) is 0.792. The molecule has 0 radical (unpaired) electrons. The van der Waals surface area contributed by atoms with Crippen molar-refractivity contribution < 1.29 is 19.4 Å². The van der Waals surface area contributed by atoms with Gasteiger partial charge in [0.15, 0.2) is 0 Å². The fraction of sp³-hybridized carbons (Fsp3) is 0.545. The summed E-state index contributed by atoms with van der Waals surface area (Å²) in [6.07, 6.45) is 1.49. The number of aromatic nitrogens is 2. The van der Waals surface area contributed by atoms with Crippen LogP contribution in [0.1, 0.15) is 22.5 Å². The third-order valence-corrected chi connectivity index (χ3v) is 3.20. The second-order valence-electron chi connectivity index (χ2n) is 4.31. The van der Waals surface area contributed by atoms with Gasteiger partial charge in [-0.2, -0.15) is 5.10 Å². The summed E-state index contributed by atoms with van der Waals surface area (Å²) in [5, 5.41) is 15.6. The number of aromatic amines is 1. The first kappa shape index (κ1) is 12.6. The van der Waals surface area contributed by atoms with Gasteiger partial charge >= 0.3 is 5.97 Å². The lowest BCUT2D eigenvalue weighted by molar-refractivity contribution is -0.141. The highest BCUT2D eigenvalue weighted by Gasteiger charge is 2.40. The molecule has 1 saturated heterocycles. The van der Waals surface area contributed by atoms with Gasteiger partial charge in [0, 0.05) is 25.8 Å². The number of H-pyrrole nitrogens is 1. The van der Waals surface area contributed by atoms with Crippen LogP contribution in [0, 0.1) is 6.92 Å². The Kier molecular flexibility index (Phi) is 3.33. The number of carbonyl (C=O) groups is 2. The number of carboxylic acids is 1. The van der Waals surface area contributed by atoms with Crippen molar-refractivity contribution in [3.05, 3.63) is 17.5 Å². The maximum absolute atomic E-state index is 12.3. The number of ether oxygens (including phenoxy) is 1. The molecule has 7 nitrogen and oxygen atoms in total. The van der Waals surface area contributed by atoms with Crippen LogP contribution < -0.4 is 0 Å². The first-order valence-electron chi connectivity index (χ1n) is 5.61. The lowest BCUT2D eigenvalue weighted by atomic mass is 10.2. The number of nitrogens with zero attached hydrogens (tertiary/aromatic N) is 2. The summed E-state index contributed by atoms with van der Waals surface area (Å²) in [6, 6.07) is -0.836. The van der Waals surface area contributed by atoms with E-state index in [-0.39, 0.29) is 18.6 Å². The number of nitrogens with one attached hydrogen (secondary N) is 1. The van der Waals surface area contributed by atoms with E-state index in [2.05, 4.69) is 10.2 Å². The van der Waals surface area contributed by atoms with E-state index >= 15 is 0 Å². The van der Waals surface area contributed by atoms with Crippen LogP contribution in [0.3, 0.4) is 0 Å². The number of rotatable bonds is 3. The molecule has 1 aliphatic heterocycles. The summed E-state index contributed by atoms with van der Waals surface area (Å²) in [5.74, 6) is -1.34. The molecule has 0 aliphatic carbocycles. The van der Waals surface area contributed by atoms with Gasteiger partial charge in [0.2, 0.25) is 0 Å². The first-order chi connectivity index (χ1) is 8.54. The molecule has 1 amide bonds. The summed E-state index contributed by atoms with van der Waals surface area (Å²) in [7, 11) is 1.51. The Morgan fingerprint density at radius 2 is 2.33 bits per heavy atom. The smallest absolute Gasteiger partial charge is 0.326 e. The van der Waals surface area contributed by atoms with Crippen LogP contribution >= 0.6 is 0 Å². The van der Waals surface area contributed by atoms with Crippen molar-refractivity contribution >= 4 is 11.9 Å². The lowest BCUT2D eigenvalue weighted by Gasteiger charge is -2.20. The summed E-state index contributed by atoms with van der Waals surface area (Å²) >= 11 is 0. The van der Waals surface area contributed by atoms with Crippen molar-refractivity contribution in [2.24, 2.45) is 0 Å². The summed E-state index contributed by atoms with van der Waals surface area (Å²) < 4.78 is 5.14. The third kappa shape index (κ3) is 2.08. The predicted octanol–water partition coefficient (Wildman–Crippen LogP) is 0.0322. The number of hydrogen-bond acceptors (Lipinski definition) is 4. The predicted molar refractivity (Wildman–Crippen MR) is 61.2 cm³/mol. The van der Waals surface area contributed by atoms with Crippen molar-refractivity contribution in [3.63, 3.8) is 0 Å². The van der Waals surface area contributed by atoms with E-state index in [0.717, 1.165) is 0 Å². The Hall–Kier alpha value is -1.89. The molecule has 0 bridgehead atoms. The van der Waals surface area contributed by atoms with E-state index in [0.29, 0.717) is 17.7 Å². The molecule has 0 aromatic carbocycles. The van der Waals surface area contributed by atoms with Gasteiger partial charge in [-0.1, -0.05) is 0 Å². The van der Waals surface area contributed by atoms with Gasteiger partial charge in [-0.25, -0.2) is 4.79 Å². The number of aryl methyl sites for hydroxylation is 1. The topological polar surface area (TPSA) is 95.5 Å². The van der Waals surface area contributed by atoms with Crippen LogP contribution in [0.4, 0.5) is 0 Å². The molecule has 2 atom stereocenters. The second-order valence-corrected chi connectivity index (χ2v) is 4.31. The van der Waals surface area contributed by atoms with Gasteiger partial charge in [-0.15, -0.1) is 0 Å². The molecule has 2 N–H and O–H groups in total.